The van der Waals surface area contributed by atoms with E-state index in [2.05, 4.69) is 0 Å². The van der Waals surface area contributed by atoms with Gasteiger partial charge in [0.05, 0.1) is 35.2 Å². The summed E-state index contributed by atoms with van der Waals surface area (Å²) in [7, 11) is 0. The van der Waals surface area contributed by atoms with Crippen molar-refractivity contribution in [1.29, 1.82) is 0 Å². The average Bonchev–Trinajstić information content (AvgIpc) is 3.09. The fourth-order valence-corrected chi connectivity index (χ4v) is 4.92. The molecule has 0 aromatic heterocycles. The van der Waals surface area contributed by atoms with E-state index in [1.54, 1.807) is 0 Å². The van der Waals surface area contributed by atoms with E-state index >= 15 is 0 Å². The van der Waals surface area contributed by atoms with Crippen LogP contribution in [0.25, 0.3) is 0 Å². The molecule has 4 rings (SSSR count). The molecule has 0 fully saturated rings. The number of para-hydroxylation sites is 4. The van der Waals surface area contributed by atoms with Gasteiger partial charge in [-0.2, -0.15) is 0 Å². The van der Waals surface area contributed by atoms with Gasteiger partial charge >= 0.3 is 5.97 Å². The van der Waals surface area contributed by atoms with Crippen molar-refractivity contribution in [2.24, 2.45) is 0 Å². The van der Waals surface area contributed by atoms with Gasteiger partial charge < -0.3 is 46.0 Å². The second-order valence-electron chi connectivity index (χ2n) is 10.8. The highest BCUT2D eigenvalue weighted by Gasteiger charge is 2.34. The minimum absolute atomic E-state index is 0.440. The number of phenols is 8. The Bertz CT molecular complexity index is 1950. The van der Waals surface area contributed by atoms with Crippen LogP contribution in [0, 0.1) is 0 Å². The third-order valence-electron chi connectivity index (χ3n) is 7.52. The van der Waals surface area contributed by atoms with E-state index in [0.717, 1.165) is 48.5 Å². The maximum Gasteiger partial charge on any atom is 0.305 e. The maximum absolute atomic E-state index is 14.0. The van der Waals surface area contributed by atoms with Crippen LogP contribution in [0.1, 0.15) is 54.3 Å². The molecule has 17 heteroatoms. The Morgan fingerprint density at radius 1 is 0.431 bits per heavy atom. The molecule has 9 N–H and O–H groups in total. The number of amides is 4. The molecule has 0 unspecified atom stereocenters. The summed E-state index contributed by atoms with van der Waals surface area (Å²) in [6.07, 6.45) is -1.21. The number of hydrogen-bond donors (Lipinski definition) is 9. The van der Waals surface area contributed by atoms with Crippen LogP contribution in [0.3, 0.4) is 0 Å². The maximum atomic E-state index is 14.0. The predicted molar refractivity (Wildman–Crippen MR) is 173 cm³/mol. The lowest BCUT2D eigenvalue weighted by Gasteiger charge is -2.35. The molecule has 0 bridgehead atoms. The molecule has 0 spiro atoms. The number of aromatic hydroxyl groups is 8. The highest BCUT2D eigenvalue weighted by Crippen LogP contribution is 2.34. The molecule has 0 saturated heterocycles. The van der Waals surface area contributed by atoms with Crippen LogP contribution in [0.15, 0.2) is 72.8 Å². The summed E-state index contributed by atoms with van der Waals surface area (Å²) < 4.78 is 0. The van der Waals surface area contributed by atoms with Crippen LogP contribution in [-0.4, -0.2) is 110 Å². The second-order valence-corrected chi connectivity index (χ2v) is 10.8. The fourth-order valence-electron chi connectivity index (χ4n) is 4.92. The molecule has 0 radical (unpaired) electrons. The monoisotopic (exact) mass is 705 g/mol. The molecule has 4 aromatic carbocycles. The molecule has 4 amide bonds. The summed E-state index contributed by atoms with van der Waals surface area (Å²) >= 11 is 0. The molecule has 4 aromatic rings. The minimum Gasteiger partial charge on any atom is -0.504 e. The largest absolute Gasteiger partial charge is 0.504 e. The Labute approximate surface area is 287 Å². The van der Waals surface area contributed by atoms with Crippen LogP contribution in [0.5, 0.6) is 46.0 Å². The number of imide groups is 1. The number of hydrogen-bond acceptors (Lipinski definition) is 13. The van der Waals surface area contributed by atoms with E-state index in [1.807, 2.05) is 0 Å². The molecule has 51 heavy (non-hydrogen) atoms. The van der Waals surface area contributed by atoms with Crippen molar-refractivity contribution in [3.05, 3.63) is 95.1 Å². The lowest BCUT2D eigenvalue weighted by molar-refractivity contribution is -0.137. The van der Waals surface area contributed by atoms with E-state index < -0.39 is 130 Å². The smallest absolute Gasteiger partial charge is 0.305 e. The van der Waals surface area contributed by atoms with Gasteiger partial charge in [0, 0.05) is 13.1 Å². The summed E-state index contributed by atoms with van der Waals surface area (Å²) in [5.74, 6) is -12.7. The van der Waals surface area contributed by atoms with E-state index in [9.17, 15) is 69.9 Å². The zero-order valence-corrected chi connectivity index (χ0v) is 26.4. The number of hydrazine groups is 1. The average molecular weight is 706 g/mol. The zero-order chi connectivity index (χ0) is 37.6. The summed E-state index contributed by atoms with van der Waals surface area (Å²) in [4.78, 5) is 67.3. The van der Waals surface area contributed by atoms with Gasteiger partial charge in [-0.15, -0.1) is 0 Å². The molecular weight excluding hydrogens is 674 g/mol. The number of nitrogens with zero attached hydrogens (tertiary/aromatic N) is 3. The van der Waals surface area contributed by atoms with Gasteiger partial charge in [0.2, 0.25) is 0 Å². The number of phenolic OH excluding ortho intramolecular Hbond substituents is 8. The SMILES string of the molecule is O=C(O)CCN(C(=O)c1cccc(O)c1O)N(CCCN(C(=O)c1cccc(O)c1O)C(=O)c1cccc(O)c1O)C(=O)c1cccc(O)c1O. The molecule has 0 aliphatic carbocycles. The zero-order valence-electron chi connectivity index (χ0n) is 26.4. The van der Waals surface area contributed by atoms with Gasteiger partial charge in [-0.25, -0.2) is 10.0 Å². The number of carboxylic acid groups (broad SMARTS) is 1. The molecule has 0 aliphatic rings. The normalized spacial score (nSPS) is 10.7. The molecule has 0 atom stereocenters. The van der Waals surface area contributed by atoms with Crippen molar-refractivity contribution in [3.8, 4) is 46.0 Å². The number of carboxylic acids is 1. The van der Waals surface area contributed by atoms with Crippen LogP contribution >= 0.6 is 0 Å². The lowest BCUT2D eigenvalue weighted by atomic mass is 10.1. The van der Waals surface area contributed by atoms with E-state index in [-0.39, 0.29) is 0 Å². The first-order valence-electron chi connectivity index (χ1n) is 14.9. The molecule has 0 heterocycles. The highest BCUT2D eigenvalue weighted by atomic mass is 16.4. The van der Waals surface area contributed by atoms with Gasteiger partial charge in [-0.05, 0) is 55.0 Å². The number of aliphatic carboxylic acids is 1. The third kappa shape index (κ3) is 7.78. The van der Waals surface area contributed by atoms with Crippen molar-refractivity contribution < 1.29 is 69.9 Å². The van der Waals surface area contributed by atoms with Crippen molar-refractivity contribution in [2.45, 2.75) is 12.8 Å². The van der Waals surface area contributed by atoms with Gasteiger partial charge in [-0.1, -0.05) is 24.3 Å². The number of carbonyl (C=O) groups excluding carboxylic acids is 4. The predicted octanol–water partition coefficient (Wildman–Crippen LogP) is 2.68. The first-order chi connectivity index (χ1) is 24.1. The van der Waals surface area contributed by atoms with Crippen molar-refractivity contribution in [2.75, 3.05) is 19.6 Å². The third-order valence-corrected chi connectivity index (χ3v) is 7.52. The van der Waals surface area contributed by atoms with E-state index in [4.69, 9.17) is 0 Å². The Morgan fingerprint density at radius 3 is 1.08 bits per heavy atom. The minimum atomic E-state index is -1.42. The summed E-state index contributed by atoms with van der Waals surface area (Å²) in [5.41, 5.74) is -2.25. The van der Waals surface area contributed by atoms with Crippen LogP contribution in [0.4, 0.5) is 0 Å². The van der Waals surface area contributed by atoms with Crippen molar-refractivity contribution >= 4 is 29.6 Å². The summed E-state index contributed by atoms with van der Waals surface area (Å²) in [5, 5.41) is 92.4. The summed E-state index contributed by atoms with van der Waals surface area (Å²) in [6.45, 7) is -2.03. The quantitative estimate of drug-likeness (QED) is 0.0617. The fraction of sp³-hybridized carbons (Fsp3) is 0.147. The Kier molecular flexibility index (Phi) is 11.0. The highest BCUT2D eigenvalue weighted by molar-refractivity contribution is 6.12. The van der Waals surface area contributed by atoms with Gasteiger partial charge in [0.15, 0.2) is 46.0 Å². The first kappa shape index (κ1) is 36.7. The number of benzene rings is 4. The Balaban J connectivity index is 1.79. The number of carbonyl (C=O) groups is 5. The lowest BCUT2D eigenvalue weighted by Crippen LogP contribution is -2.51. The van der Waals surface area contributed by atoms with Gasteiger partial charge in [0.25, 0.3) is 23.6 Å². The summed E-state index contributed by atoms with van der Waals surface area (Å²) in [6, 6.07) is 13.3. The molecule has 266 valence electrons. The van der Waals surface area contributed by atoms with Gasteiger partial charge in [-0.3, -0.25) is 28.9 Å². The Hall–Kier alpha value is -7.17. The van der Waals surface area contributed by atoms with Crippen molar-refractivity contribution in [1.82, 2.24) is 14.9 Å². The number of rotatable bonds is 11. The molecule has 0 saturated carbocycles. The Morgan fingerprint density at radius 2 is 0.745 bits per heavy atom. The standard InChI is InChI=1S/C34H31N3O14/c38-22-10-1-6-18(27(22)44)31(48)35(32(49)19-7-2-11-23(39)28(19)45)15-5-16-36(33(50)20-8-3-12-24(40)29(20)46)37(17-14-26(42)43)34(51)21-9-4-13-25(41)30(21)47/h1-4,6-13,38-41,44-47H,5,14-17H2,(H,42,43). The topological polar surface area (TPSA) is 277 Å². The van der Waals surface area contributed by atoms with Crippen LogP contribution < -0.4 is 0 Å². The molecular formula is C34H31N3O14. The van der Waals surface area contributed by atoms with Crippen LogP contribution in [-0.2, 0) is 4.79 Å². The van der Waals surface area contributed by atoms with E-state index in [1.165, 1.54) is 24.3 Å². The molecule has 17 nitrogen and oxygen atoms in total. The first-order valence-corrected chi connectivity index (χ1v) is 14.9. The van der Waals surface area contributed by atoms with Gasteiger partial charge in [0.1, 0.15) is 0 Å². The van der Waals surface area contributed by atoms with E-state index in [0.29, 0.717) is 14.9 Å². The van der Waals surface area contributed by atoms with Crippen molar-refractivity contribution in [3.63, 3.8) is 0 Å². The van der Waals surface area contributed by atoms with Crippen LogP contribution in [0.2, 0.25) is 0 Å². The molecule has 0 aliphatic heterocycles. The second kappa shape index (κ2) is 15.4.